The average molecular weight is 297 g/mol. The molecule has 0 aliphatic carbocycles. The van der Waals surface area contributed by atoms with Crippen molar-refractivity contribution < 1.29 is 16.5 Å². The third kappa shape index (κ3) is 31.4. The number of pyridine rings is 2. The first kappa shape index (κ1) is 22.2. The van der Waals surface area contributed by atoms with Crippen LogP contribution in [0, 0.1) is 26.2 Å². The van der Waals surface area contributed by atoms with E-state index in [4.69, 9.17) is 0 Å². The van der Waals surface area contributed by atoms with E-state index in [0.29, 0.717) is 0 Å². The van der Waals surface area contributed by atoms with Crippen LogP contribution in [0.15, 0.2) is 74.1 Å². The van der Waals surface area contributed by atoms with Crippen LogP contribution >= 0.6 is 0 Å². The predicted molar refractivity (Wildman–Crippen MR) is 77.3 cm³/mol. The first-order valence-electron chi connectivity index (χ1n) is 5.17. The molecule has 0 saturated heterocycles. The molecule has 106 valence electrons. The van der Waals surface area contributed by atoms with Crippen molar-refractivity contribution in [2.45, 2.75) is 0 Å². The fraction of sp³-hybridized carbons (Fsp3) is 0. The number of hydrogen-bond acceptors (Lipinski definition) is 2. The van der Waals surface area contributed by atoms with Gasteiger partial charge in [0.15, 0.2) is 0 Å². The van der Waals surface area contributed by atoms with E-state index in [1.54, 1.807) is 24.5 Å². The Bertz CT molecular complexity index is 259. The standard InChI is InChI=1S/2C5H4N.2C3H5.Ni/c2*1-2-4-6-5-3-1;2*1-3-2;/h2*1-4H;2*3H,1-2H2;/q4*-1;. The Morgan fingerprint density at radius 1 is 0.789 bits per heavy atom. The number of allylic oxidation sites excluding steroid dienone is 2. The summed E-state index contributed by atoms with van der Waals surface area (Å²) in [6.45, 7) is 13.0. The Morgan fingerprint density at radius 2 is 1.11 bits per heavy atom. The maximum Gasteiger partial charge on any atom is 0 e. The van der Waals surface area contributed by atoms with Crippen molar-refractivity contribution in [2.75, 3.05) is 0 Å². The van der Waals surface area contributed by atoms with E-state index in [-0.39, 0.29) is 16.5 Å². The maximum atomic E-state index is 3.66. The molecule has 0 atom stereocenters. The molecular weight excluding hydrogens is 279 g/mol. The summed E-state index contributed by atoms with van der Waals surface area (Å²) < 4.78 is 0. The Kier molecular flexibility index (Phi) is 29.2. The summed E-state index contributed by atoms with van der Waals surface area (Å²) in [5.74, 6) is 0. The molecule has 0 fully saturated rings. The minimum atomic E-state index is 0. The second kappa shape index (κ2) is 25.0. The minimum Gasteiger partial charge on any atom is -0.394 e. The molecule has 2 rings (SSSR count). The van der Waals surface area contributed by atoms with E-state index in [0.717, 1.165) is 0 Å². The van der Waals surface area contributed by atoms with Crippen LogP contribution in [-0.2, 0) is 16.5 Å². The normalized spacial score (nSPS) is 6.32. The van der Waals surface area contributed by atoms with Gasteiger partial charge in [-0.15, -0.1) is 0 Å². The fourth-order valence-electron chi connectivity index (χ4n) is 0.555. The summed E-state index contributed by atoms with van der Waals surface area (Å²) in [6, 6.07) is 11.0. The molecule has 2 aromatic heterocycles. The van der Waals surface area contributed by atoms with Gasteiger partial charge in [-0.1, -0.05) is 24.8 Å². The first-order chi connectivity index (χ1) is 8.83. The Morgan fingerprint density at radius 3 is 1.16 bits per heavy atom. The van der Waals surface area contributed by atoms with Crippen LogP contribution in [0.25, 0.3) is 0 Å². The monoisotopic (exact) mass is 296 g/mol. The quantitative estimate of drug-likeness (QED) is 0.546. The van der Waals surface area contributed by atoms with E-state index in [1.165, 1.54) is 12.2 Å². The summed E-state index contributed by atoms with van der Waals surface area (Å²) >= 11 is 0. The van der Waals surface area contributed by atoms with E-state index in [9.17, 15) is 0 Å². The molecule has 0 bridgehead atoms. The van der Waals surface area contributed by atoms with Crippen LogP contribution in [-0.4, -0.2) is 9.97 Å². The second-order valence-corrected chi connectivity index (χ2v) is 2.50. The maximum absolute atomic E-state index is 3.66. The van der Waals surface area contributed by atoms with Crippen LogP contribution in [0.2, 0.25) is 0 Å². The van der Waals surface area contributed by atoms with Crippen LogP contribution in [0.4, 0.5) is 0 Å². The van der Waals surface area contributed by atoms with Gasteiger partial charge < -0.3 is 9.97 Å². The number of rotatable bonds is 0. The third-order valence-electron chi connectivity index (χ3n) is 1.03. The Balaban J connectivity index is -0.000000188. The van der Waals surface area contributed by atoms with E-state index >= 15 is 0 Å². The van der Waals surface area contributed by atoms with Gasteiger partial charge in [-0.3, -0.25) is 0 Å². The molecule has 2 nitrogen and oxygen atoms in total. The summed E-state index contributed by atoms with van der Waals surface area (Å²) in [5.41, 5.74) is 0. The van der Waals surface area contributed by atoms with E-state index in [2.05, 4.69) is 49.4 Å². The van der Waals surface area contributed by atoms with Crippen LogP contribution in [0.1, 0.15) is 0 Å². The van der Waals surface area contributed by atoms with Gasteiger partial charge in [0.2, 0.25) is 0 Å². The SMILES string of the molecule is C=C[CH2-].C=C[CH2-].[Ni].[c-]1ccccn1.[c-]1ccccn1. The topological polar surface area (TPSA) is 25.8 Å². The molecule has 3 heteroatoms. The second-order valence-electron chi connectivity index (χ2n) is 2.50. The summed E-state index contributed by atoms with van der Waals surface area (Å²) in [7, 11) is 0. The van der Waals surface area contributed by atoms with Crippen molar-refractivity contribution in [3.63, 3.8) is 0 Å². The number of aromatic nitrogens is 2. The molecular formula is C16H18N2Ni-4. The molecule has 0 aliphatic heterocycles. The molecule has 0 unspecified atom stereocenters. The Labute approximate surface area is 127 Å². The third-order valence-corrected chi connectivity index (χ3v) is 1.03. The van der Waals surface area contributed by atoms with Crippen LogP contribution in [0.5, 0.6) is 0 Å². The number of hydrogen-bond donors (Lipinski definition) is 0. The smallest absolute Gasteiger partial charge is 0 e. The van der Waals surface area contributed by atoms with E-state index < -0.39 is 0 Å². The molecule has 0 N–H and O–H groups in total. The van der Waals surface area contributed by atoms with Gasteiger partial charge in [-0.25, -0.2) is 39.2 Å². The molecule has 2 heterocycles. The fourth-order valence-corrected chi connectivity index (χ4v) is 0.555. The van der Waals surface area contributed by atoms with Gasteiger partial charge in [0, 0.05) is 16.5 Å². The zero-order valence-electron chi connectivity index (χ0n) is 10.8. The van der Waals surface area contributed by atoms with Crippen molar-refractivity contribution in [2.24, 2.45) is 0 Å². The summed E-state index contributed by atoms with van der Waals surface area (Å²) in [6.07, 6.45) is 11.7. The zero-order chi connectivity index (χ0) is 13.9. The van der Waals surface area contributed by atoms with Gasteiger partial charge in [-0.05, 0) is 0 Å². The zero-order valence-corrected chi connectivity index (χ0v) is 11.8. The molecule has 0 amide bonds. The van der Waals surface area contributed by atoms with Gasteiger partial charge >= 0.3 is 0 Å². The van der Waals surface area contributed by atoms with Gasteiger partial charge in [-0.2, -0.15) is 36.4 Å². The van der Waals surface area contributed by atoms with Gasteiger partial charge in [0.05, 0.1) is 0 Å². The van der Waals surface area contributed by atoms with Crippen molar-refractivity contribution in [1.29, 1.82) is 0 Å². The molecule has 0 aromatic carbocycles. The largest absolute Gasteiger partial charge is 0.394 e. The summed E-state index contributed by atoms with van der Waals surface area (Å²) in [4.78, 5) is 7.32. The minimum absolute atomic E-state index is 0. The first-order valence-corrected chi connectivity index (χ1v) is 5.17. The molecule has 0 radical (unpaired) electrons. The van der Waals surface area contributed by atoms with Crippen molar-refractivity contribution in [1.82, 2.24) is 9.97 Å². The van der Waals surface area contributed by atoms with Gasteiger partial charge in [0.1, 0.15) is 0 Å². The van der Waals surface area contributed by atoms with Crippen molar-refractivity contribution in [3.8, 4) is 0 Å². The predicted octanol–water partition coefficient (Wildman–Crippen LogP) is 3.77. The van der Waals surface area contributed by atoms with Crippen molar-refractivity contribution >= 4 is 0 Å². The number of nitrogens with zero attached hydrogens (tertiary/aromatic N) is 2. The average Bonchev–Trinajstić information content (AvgIpc) is 2.45. The summed E-state index contributed by atoms with van der Waals surface area (Å²) in [5, 5.41) is 0. The van der Waals surface area contributed by atoms with Crippen molar-refractivity contribution in [3.05, 3.63) is 100 Å². The molecule has 0 spiro atoms. The molecule has 19 heavy (non-hydrogen) atoms. The molecule has 0 aliphatic rings. The van der Waals surface area contributed by atoms with Crippen LogP contribution in [0.3, 0.4) is 0 Å². The van der Waals surface area contributed by atoms with Crippen LogP contribution < -0.4 is 0 Å². The van der Waals surface area contributed by atoms with E-state index in [1.807, 2.05) is 24.3 Å². The Hall–Kier alpha value is -1.99. The van der Waals surface area contributed by atoms with Gasteiger partial charge in [0.25, 0.3) is 0 Å². The molecule has 0 saturated carbocycles. The molecule has 2 aromatic rings.